The van der Waals surface area contributed by atoms with Gasteiger partial charge in [0, 0.05) is 30.4 Å². The molecule has 1 aliphatic carbocycles. The fourth-order valence-electron chi connectivity index (χ4n) is 3.26. The van der Waals surface area contributed by atoms with Crippen molar-refractivity contribution in [1.29, 1.82) is 0 Å². The van der Waals surface area contributed by atoms with Crippen molar-refractivity contribution in [3.8, 4) is 17.4 Å². The minimum absolute atomic E-state index is 0.123. The second kappa shape index (κ2) is 10.6. The van der Waals surface area contributed by atoms with Crippen LogP contribution >= 0.6 is 0 Å². The fraction of sp³-hybridized carbons (Fsp3) is 0.364. The molecule has 0 bridgehead atoms. The molecule has 0 spiro atoms. The fourth-order valence-corrected chi connectivity index (χ4v) is 3.26. The maximum absolute atomic E-state index is 12.7. The molecule has 1 aromatic heterocycles. The molecule has 0 atom stereocenters. The lowest BCUT2D eigenvalue weighted by Gasteiger charge is -2.13. The van der Waals surface area contributed by atoms with Crippen molar-refractivity contribution in [2.45, 2.75) is 44.9 Å². The van der Waals surface area contributed by atoms with E-state index in [-0.39, 0.29) is 30.1 Å². The van der Waals surface area contributed by atoms with Crippen molar-refractivity contribution < 1.29 is 27.8 Å². The minimum Gasteiger partial charge on any atom is -0.493 e. The standard InChI is InChI=1S/C22H24F2N2O4/c1-28-18-8-4-5-16(21(18)30-22(23)24)9-10-19(27)26-14-15-11-12-25-20(13-15)29-17-6-2-3-7-17/h4-5,8-13,17,22H,2-3,6-7,14H2,1H3,(H,26,27)/b10-9+. The Morgan fingerprint density at radius 2 is 2.10 bits per heavy atom. The van der Waals surface area contributed by atoms with Crippen LogP contribution in [0.5, 0.6) is 17.4 Å². The maximum atomic E-state index is 12.7. The molecule has 0 saturated heterocycles. The maximum Gasteiger partial charge on any atom is 0.387 e. The third kappa shape index (κ3) is 6.17. The quantitative estimate of drug-likeness (QED) is 0.614. The summed E-state index contributed by atoms with van der Waals surface area (Å²) >= 11 is 0. The van der Waals surface area contributed by atoms with Crippen LogP contribution in [-0.2, 0) is 11.3 Å². The molecule has 1 amide bonds. The molecule has 1 N–H and O–H groups in total. The largest absolute Gasteiger partial charge is 0.493 e. The van der Waals surface area contributed by atoms with E-state index in [1.54, 1.807) is 30.5 Å². The first-order valence-electron chi connectivity index (χ1n) is 9.74. The van der Waals surface area contributed by atoms with Crippen LogP contribution in [0.4, 0.5) is 8.78 Å². The number of carbonyl (C=O) groups excluding carboxylic acids is 1. The van der Waals surface area contributed by atoms with Gasteiger partial charge in [0.05, 0.1) is 7.11 Å². The number of carbonyl (C=O) groups is 1. The molecule has 1 fully saturated rings. The summed E-state index contributed by atoms with van der Waals surface area (Å²) in [7, 11) is 1.35. The predicted octanol–water partition coefficient (Wildman–Crippen LogP) is 4.34. The second-order valence-electron chi connectivity index (χ2n) is 6.83. The first-order chi connectivity index (χ1) is 14.5. The molecule has 2 aromatic rings. The van der Waals surface area contributed by atoms with E-state index in [0.29, 0.717) is 11.4 Å². The first-order valence-corrected chi connectivity index (χ1v) is 9.74. The molecule has 8 heteroatoms. The number of hydrogen-bond donors (Lipinski definition) is 1. The smallest absolute Gasteiger partial charge is 0.387 e. The van der Waals surface area contributed by atoms with Crippen LogP contribution in [0.25, 0.3) is 6.08 Å². The number of nitrogens with zero attached hydrogens (tertiary/aromatic N) is 1. The number of nitrogens with one attached hydrogen (secondary N) is 1. The van der Waals surface area contributed by atoms with Crippen molar-refractivity contribution in [2.24, 2.45) is 0 Å². The molecule has 1 heterocycles. The van der Waals surface area contributed by atoms with Gasteiger partial charge in [-0.25, -0.2) is 4.98 Å². The summed E-state index contributed by atoms with van der Waals surface area (Å²) in [6.45, 7) is -2.72. The molecule has 1 aromatic carbocycles. The van der Waals surface area contributed by atoms with E-state index in [1.165, 1.54) is 38.2 Å². The summed E-state index contributed by atoms with van der Waals surface area (Å²) in [6, 6.07) is 8.28. The van der Waals surface area contributed by atoms with Gasteiger partial charge < -0.3 is 19.5 Å². The normalized spacial score (nSPS) is 14.3. The van der Waals surface area contributed by atoms with Gasteiger partial charge >= 0.3 is 6.61 Å². The highest BCUT2D eigenvalue weighted by Gasteiger charge is 2.17. The van der Waals surface area contributed by atoms with E-state index in [2.05, 4.69) is 15.0 Å². The van der Waals surface area contributed by atoms with Gasteiger partial charge in [0.2, 0.25) is 11.8 Å². The SMILES string of the molecule is COc1cccc(/C=C/C(=O)NCc2ccnc(OC3CCCC3)c2)c1OC(F)F. The summed E-state index contributed by atoms with van der Waals surface area (Å²) in [5, 5.41) is 2.75. The van der Waals surface area contributed by atoms with E-state index in [1.807, 2.05) is 0 Å². The number of alkyl halides is 2. The Bertz CT molecular complexity index is 883. The number of hydrogen-bond acceptors (Lipinski definition) is 5. The topological polar surface area (TPSA) is 69.7 Å². The lowest BCUT2D eigenvalue weighted by molar-refractivity contribution is -0.116. The lowest BCUT2D eigenvalue weighted by atomic mass is 10.1. The zero-order valence-electron chi connectivity index (χ0n) is 16.6. The van der Waals surface area contributed by atoms with Crippen LogP contribution < -0.4 is 19.5 Å². The number of amides is 1. The third-order valence-corrected chi connectivity index (χ3v) is 4.71. The predicted molar refractivity (Wildman–Crippen MR) is 108 cm³/mol. The highest BCUT2D eigenvalue weighted by molar-refractivity contribution is 5.92. The van der Waals surface area contributed by atoms with Gasteiger partial charge in [-0.2, -0.15) is 8.78 Å². The Morgan fingerprint density at radius 3 is 2.83 bits per heavy atom. The number of rotatable bonds is 9. The summed E-state index contributed by atoms with van der Waals surface area (Å²) in [5.74, 6) is 0.205. The third-order valence-electron chi connectivity index (χ3n) is 4.71. The van der Waals surface area contributed by atoms with E-state index < -0.39 is 6.61 Å². The van der Waals surface area contributed by atoms with Crippen LogP contribution in [0.2, 0.25) is 0 Å². The molecule has 30 heavy (non-hydrogen) atoms. The Morgan fingerprint density at radius 1 is 1.30 bits per heavy atom. The number of pyridine rings is 1. The van der Waals surface area contributed by atoms with E-state index in [9.17, 15) is 13.6 Å². The van der Waals surface area contributed by atoms with Gasteiger partial charge in [-0.3, -0.25) is 4.79 Å². The molecular weight excluding hydrogens is 394 g/mol. The average molecular weight is 418 g/mol. The molecular formula is C22H24F2N2O4. The number of para-hydroxylation sites is 1. The number of methoxy groups -OCH3 is 1. The van der Waals surface area contributed by atoms with Crippen molar-refractivity contribution >= 4 is 12.0 Å². The zero-order chi connectivity index (χ0) is 21.3. The molecule has 3 rings (SSSR count). The molecule has 160 valence electrons. The summed E-state index contributed by atoms with van der Waals surface area (Å²) < 4.78 is 40.8. The van der Waals surface area contributed by atoms with Crippen molar-refractivity contribution in [3.05, 3.63) is 53.7 Å². The van der Waals surface area contributed by atoms with Gasteiger partial charge in [-0.05, 0) is 49.5 Å². The van der Waals surface area contributed by atoms with Gasteiger partial charge in [-0.15, -0.1) is 0 Å². The average Bonchev–Trinajstić information content (AvgIpc) is 3.24. The van der Waals surface area contributed by atoms with Gasteiger partial charge in [0.15, 0.2) is 11.5 Å². The summed E-state index contributed by atoms with van der Waals surface area (Å²) in [6.07, 6.45) is 8.92. The molecule has 0 aliphatic heterocycles. The Hall–Kier alpha value is -3.16. The number of ether oxygens (including phenoxy) is 3. The number of benzene rings is 1. The lowest BCUT2D eigenvalue weighted by Crippen LogP contribution is -2.20. The zero-order valence-corrected chi connectivity index (χ0v) is 16.6. The monoisotopic (exact) mass is 418 g/mol. The highest BCUT2D eigenvalue weighted by Crippen LogP contribution is 2.33. The van der Waals surface area contributed by atoms with Gasteiger partial charge in [0.1, 0.15) is 6.10 Å². The van der Waals surface area contributed by atoms with Crippen LogP contribution in [0, 0.1) is 0 Å². The molecule has 1 saturated carbocycles. The summed E-state index contributed by atoms with van der Waals surface area (Å²) in [5.41, 5.74) is 1.16. The Kier molecular flexibility index (Phi) is 7.59. The minimum atomic E-state index is -3.00. The van der Waals surface area contributed by atoms with Crippen LogP contribution in [0.1, 0.15) is 36.8 Å². The molecule has 1 aliphatic rings. The van der Waals surface area contributed by atoms with Crippen molar-refractivity contribution in [3.63, 3.8) is 0 Å². The van der Waals surface area contributed by atoms with Gasteiger partial charge in [0.25, 0.3) is 0 Å². The van der Waals surface area contributed by atoms with Crippen LogP contribution in [-0.4, -0.2) is 30.7 Å². The van der Waals surface area contributed by atoms with Crippen LogP contribution in [0.3, 0.4) is 0 Å². The van der Waals surface area contributed by atoms with E-state index in [4.69, 9.17) is 9.47 Å². The molecule has 6 nitrogen and oxygen atoms in total. The van der Waals surface area contributed by atoms with Crippen molar-refractivity contribution in [1.82, 2.24) is 10.3 Å². The first kappa shape index (κ1) is 21.5. The summed E-state index contributed by atoms with van der Waals surface area (Å²) in [4.78, 5) is 16.4. The Labute approximate surface area is 173 Å². The molecule has 0 unspecified atom stereocenters. The van der Waals surface area contributed by atoms with Crippen molar-refractivity contribution in [2.75, 3.05) is 7.11 Å². The van der Waals surface area contributed by atoms with Crippen LogP contribution in [0.15, 0.2) is 42.6 Å². The Balaban J connectivity index is 1.59. The number of halogens is 2. The van der Waals surface area contributed by atoms with Gasteiger partial charge in [-0.1, -0.05) is 12.1 Å². The van der Waals surface area contributed by atoms with E-state index in [0.717, 1.165) is 18.4 Å². The number of aromatic nitrogens is 1. The van der Waals surface area contributed by atoms with E-state index >= 15 is 0 Å². The second-order valence-corrected chi connectivity index (χ2v) is 6.83. The highest BCUT2D eigenvalue weighted by atomic mass is 19.3. The molecule has 0 radical (unpaired) electrons.